The van der Waals surface area contributed by atoms with E-state index < -0.39 is 29.4 Å². The fourth-order valence-corrected chi connectivity index (χ4v) is 4.58. The minimum absolute atomic E-state index is 0.189. The second-order valence-corrected chi connectivity index (χ2v) is 7.53. The summed E-state index contributed by atoms with van der Waals surface area (Å²) >= 11 is 0. The number of anilines is 1. The summed E-state index contributed by atoms with van der Waals surface area (Å²) in [5, 5.41) is 3.25. The van der Waals surface area contributed by atoms with E-state index in [1.165, 1.54) is 11.2 Å². The molecule has 0 unspecified atom stereocenters. The van der Waals surface area contributed by atoms with Crippen LogP contribution < -0.4 is 10.2 Å². The van der Waals surface area contributed by atoms with E-state index in [2.05, 4.69) is 5.32 Å². The molecule has 2 aromatic rings. The van der Waals surface area contributed by atoms with Crippen LogP contribution >= 0.6 is 0 Å². The molecule has 0 bridgehead atoms. The molecule has 2 saturated heterocycles. The highest BCUT2D eigenvalue weighted by atomic mass is 16.5. The standard InChI is InChI=1S/C22H24N2O5/c1-4-22(21(27)28-5-2)17-16(18(23-22)15-7-6-12-29-15)19(25)24(20(17)26)14-10-8-13(3)9-11-14/h6-12,16-18,23H,4-5H2,1-3H3/t16-,17-,18-,22-/m0/s1. The fourth-order valence-electron chi connectivity index (χ4n) is 4.58. The number of fused-ring (bicyclic) bond motifs is 1. The lowest BCUT2D eigenvalue weighted by atomic mass is 9.78. The molecule has 7 heteroatoms. The Kier molecular flexibility index (Phi) is 4.78. The molecule has 2 amide bonds. The maximum atomic E-state index is 13.5. The van der Waals surface area contributed by atoms with Gasteiger partial charge in [0, 0.05) is 0 Å². The summed E-state index contributed by atoms with van der Waals surface area (Å²) < 4.78 is 10.9. The average Bonchev–Trinajstić information content (AvgIpc) is 3.40. The SMILES string of the molecule is CCOC(=O)[C@@]1(CC)N[C@@H](c2ccco2)[C@H]2C(=O)N(c3ccc(C)cc3)C(=O)[C@H]21. The molecule has 1 aromatic carbocycles. The van der Waals surface area contributed by atoms with E-state index in [1.54, 1.807) is 31.2 Å². The second kappa shape index (κ2) is 7.15. The Bertz CT molecular complexity index is 937. The molecule has 2 aliphatic heterocycles. The monoisotopic (exact) mass is 396 g/mol. The van der Waals surface area contributed by atoms with Crippen molar-refractivity contribution in [1.29, 1.82) is 0 Å². The van der Waals surface area contributed by atoms with Gasteiger partial charge in [-0.15, -0.1) is 0 Å². The number of carbonyl (C=O) groups excluding carboxylic acids is 3. The molecule has 0 saturated carbocycles. The predicted molar refractivity (Wildman–Crippen MR) is 105 cm³/mol. The molecule has 152 valence electrons. The van der Waals surface area contributed by atoms with E-state index >= 15 is 0 Å². The van der Waals surface area contributed by atoms with Gasteiger partial charge in [-0.2, -0.15) is 0 Å². The molecule has 29 heavy (non-hydrogen) atoms. The summed E-state index contributed by atoms with van der Waals surface area (Å²) in [5.74, 6) is -2.34. The van der Waals surface area contributed by atoms with E-state index in [1.807, 2.05) is 26.0 Å². The third-order valence-corrected chi connectivity index (χ3v) is 5.99. The summed E-state index contributed by atoms with van der Waals surface area (Å²) in [6.07, 6.45) is 1.83. The molecule has 1 N–H and O–H groups in total. The van der Waals surface area contributed by atoms with Gasteiger partial charge in [0.25, 0.3) is 0 Å². The van der Waals surface area contributed by atoms with E-state index in [9.17, 15) is 14.4 Å². The molecule has 2 fully saturated rings. The molecule has 4 atom stereocenters. The van der Waals surface area contributed by atoms with Crippen LogP contribution in [-0.2, 0) is 19.1 Å². The van der Waals surface area contributed by atoms with Crippen LogP contribution in [0.3, 0.4) is 0 Å². The second-order valence-electron chi connectivity index (χ2n) is 7.53. The first-order chi connectivity index (χ1) is 13.9. The van der Waals surface area contributed by atoms with Crippen LogP contribution in [0.5, 0.6) is 0 Å². The fraction of sp³-hybridized carbons (Fsp3) is 0.409. The molecule has 0 aliphatic carbocycles. The highest BCUT2D eigenvalue weighted by Gasteiger charge is 2.68. The highest BCUT2D eigenvalue weighted by molar-refractivity contribution is 6.24. The summed E-state index contributed by atoms with van der Waals surface area (Å²) in [6.45, 7) is 5.66. The first-order valence-corrected chi connectivity index (χ1v) is 9.87. The van der Waals surface area contributed by atoms with Crippen molar-refractivity contribution in [2.45, 2.75) is 38.8 Å². The van der Waals surface area contributed by atoms with Crippen LogP contribution in [0.15, 0.2) is 47.1 Å². The Balaban J connectivity index is 1.83. The van der Waals surface area contributed by atoms with Gasteiger partial charge in [0.1, 0.15) is 11.3 Å². The number of imide groups is 1. The molecule has 2 aliphatic rings. The van der Waals surface area contributed by atoms with Crippen LogP contribution in [0.25, 0.3) is 0 Å². The minimum atomic E-state index is -1.29. The van der Waals surface area contributed by atoms with Crippen LogP contribution in [0.1, 0.15) is 37.6 Å². The summed E-state index contributed by atoms with van der Waals surface area (Å²) in [6, 6.07) is 10.1. The number of nitrogens with one attached hydrogen (secondary N) is 1. The molecule has 4 rings (SSSR count). The minimum Gasteiger partial charge on any atom is -0.468 e. The van der Waals surface area contributed by atoms with Gasteiger partial charge >= 0.3 is 5.97 Å². The smallest absolute Gasteiger partial charge is 0.327 e. The van der Waals surface area contributed by atoms with Gasteiger partial charge < -0.3 is 9.15 Å². The maximum absolute atomic E-state index is 13.5. The number of furan rings is 1. The van der Waals surface area contributed by atoms with Crippen LogP contribution in [0.4, 0.5) is 5.69 Å². The van der Waals surface area contributed by atoms with Gasteiger partial charge in [-0.3, -0.25) is 19.7 Å². The van der Waals surface area contributed by atoms with Crippen molar-refractivity contribution in [1.82, 2.24) is 5.32 Å². The van der Waals surface area contributed by atoms with Crippen molar-refractivity contribution in [2.75, 3.05) is 11.5 Å². The number of aryl methyl sites for hydroxylation is 1. The Morgan fingerprint density at radius 3 is 2.48 bits per heavy atom. The van der Waals surface area contributed by atoms with Gasteiger partial charge in [-0.05, 0) is 44.5 Å². The number of amides is 2. The van der Waals surface area contributed by atoms with Crippen molar-refractivity contribution in [3.63, 3.8) is 0 Å². The normalized spacial score (nSPS) is 28.7. The molecule has 3 heterocycles. The Morgan fingerprint density at radius 1 is 1.17 bits per heavy atom. The first-order valence-electron chi connectivity index (χ1n) is 9.87. The molecular weight excluding hydrogens is 372 g/mol. The Morgan fingerprint density at radius 2 is 1.90 bits per heavy atom. The molecular formula is C22H24N2O5. The van der Waals surface area contributed by atoms with Crippen molar-refractivity contribution in [3.05, 3.63) is 54.0 Å². The highest BCUT2D eigenvalue weighted by Crippen LogP contribution is 2.51. The number of esters is 1. The number of rotatable bonds is 5. The zero-order valence-corrected chi connectivity index (χ0v) is 16.7. The van der Waals surface area contributed by atoms with Crippen molar-refractivity contribution in [3.8, 4) is 0 Å². The van der Waals surface area contributed by atoms with Crippen molar-refractivity contribution >= 4 is 23.5 Å². The largest absolute Gasteiger partial charge is 0.468 e. The third-order valence-electron chi connectivity index (χ3n) is 5.99. The topological polar surface area (TPSA) is 88.8 Å². The van der Waals surface area contributed by atoms with Crippen molar-refractivity contribution in [2.24, 2.45) is 11.8 Å². The summed E-state index contributed by atoms with van der Waals surface area (Å²) in [4.78, 5) is 41.2. The first kappa shape index (κ1) is 19.4. The number of nitrogens with zero attached hydrogens (tertiary/aromatic N) is 1. The summed E-state index contributed by atoms with van der Waals surface area (Å²) in [5.41, 5.74) is 0.245. The van der Waals surface area contributed by atoms with Gasteiger partial charge in [-0.25, -0.2) is 4.90 Å². The van der Waals surface area contributed by atoms with Crippen molar-refractivity contribution < 1.29 is 23.5 Å². The number of hydrogen-bond acceptors (Lipinski definition) is 6. The summed E-state index contributed by atoms with van der Waals surface area (Å²) in [7, 11) is 0. The van der Waals surface area contributed by atoms with E-state index in [-0.39, 0.29) is 18.4 Å². The van der Waals surface area contributed by atoms with Gasteiger partial charge in [0.2, 0.25) is 11.8 Å². The van der Waals surface area contributed by atoms with E-state index in [4.69, 9.17) is 9.15 Å². The van der Waals surface area contributed by atoms with Gasteiger partial charge in [0.05, 0.1) is 36.4 Å². The quantitative estimate of drug-likeness (QED) is 0.618. The number of hydrogen-bond donors (Lipinski definition) is 1. The van der Waals surface area contributed by atoms with Gasteiger partial charge in [0.15, 0.2) is 0 Å². The predicted octanol–water partition coefficient (Wildman–Crippen LogP) is 2.75. The number of carbonyl (C=O) groups is 3. The molecule has 7 nitrogen and oxygen atoms in total. The number of benzene rings is 1. The number of ether oxygens (including phenoxy) is 1. The zero-order chi connectivity index (χ0) is 20.8. The lowest BCUT2D eigenvalue weighted by Gasteiger charge is -2.31. The lowest BCUT2D eigenvalue weighted by Crippen LogP contribution is -2.56. The third kappa shape index (κ3) is 2.80. The molecule has 1 aromatic heterocycles. The zero-order valence-electron chi connectivity index (χ0n) is 16.7. The lowest BCUT2D eigenvalue weighted by molar-refractivity contribution is -0.154. The Hall–Kier alpha value is -2.93. The van der Waals surface area contributed by atoms with Gasteiger partial charge in [-0.1, -0.05) is 24.6 Å². The average molecular weight is 396 g/mol. The van der Waals surface area contributed by atoms with E-state index in [0.29, 0.717) is 17.9 Å². The van der Waals surface area contributed by atoms with Crippen LogP contribution in [0.2, 0.25) is 0 Å². The Labute approximate surface area is 169 Å². The molecule has 0 radical (unpaired) electrons. The molecule has 0 spiro atoms. The van der Waals surface area contributed by atoms with Crippen LogP contribution in [0, 0.1) is 18.8 Å². The maximum Gasteiger partial charge on any atom is 0.327 e. The van der Waals surface area contributed by atoms with Crippen LogP contribution in [-0.4, -0.2) is 29.9 Å². The van der Waals surface area contributed by atoms with E-state index in [0.717, 1.165) is 5.56 Å².